The summed E-state index contributed by atoms with van der Waals surface area (Å²) in [6.07, 6.45) is 0. The lowest BCUT2D eigenvalue weighted by Crippen LogP contribution is -2.79. The van der Waals surface area contributed by atoms with Crippen molar-refractivity contribution in [3.05, 3.63) is 64.5 Å². The lowest BCUT2D eigenvalue weighted by Gasteiger charge is -2.44. The van der Waals surface area contributed by atoms with Crippen LogP contribution in [0.15, 0.2) is 36.4 Å². The van der Waals surface area contributed by atoms with Gasteiger partial charge in [0.05, 0.1) is 13.2 Å². The summed E-state index contributed by atoms with van der Waals surface area (Å²) < 4.78 is 20.0. The molecule has 0 radical (unpaired) electrons. The number of aliphatic hydroxyl groups is 4. The number of halogens is 1. The molecule has 3 aliphatic rings. The third-order valence-electron chi connectivity index (χ3n) is 7.09. The maximum atomic E-state index is 14.6. The van der Waals surface area contributed by atoms with E-state index in [1.54, 1.807) is 29.6 Å². The number of ether oxygens (including phenoxy) is 1. The van der Waals surface area contributed by atoms with Crippen molar-refractivity contribution in [2.75, 3.05) is 31.6 Å². The average molecular weight is 531 g/mol. The molecule has 202 valence electrons. The highest BCUT2D eigenvalue weighted by molar-refractivity contribution is 6.08. The van der Waals surface area contributed by atoms with Crippen LogP contribution in [-0.2, 0) is 34.0 Å². The van der Waals surface area contributed by atoms with E-state index in [9.17, 15) is 39.2 Å². The average Bonchev–Trinajstić information content (AvgIpc) is 3.20. The maximum Gasteiger partial charge on any atom is 0.303 e. The summed E-state index contributed by atoms with van der Waals surface area (Å²) in [6, 6.07) is 7.35. The highest BCUT2D eigenvalue weighted by Crippen LogP contribution is 2.37. The molecule has 38 heavy (non-hydrogen) atoms. The molecule has 0 bridgehead atoms. The number of morpholine rings is 1. The van der Waals surface area contributed by atoms with Crippen LogP contribution in [0.4, 0.5) is 10.1 Å². The molecule has 0 spiro atoms. The number of nitrogens with one attached hydrogen (secondary N) is 2. The Morgan fingerprint density at radius 3 is 2.55 bits per heavy atom. The number of carbonyl (C=O) groups excluding carboxylic acids is 3. The molecule has 5 rings (SSSR count). The Morgan fingerprint density at radius 1 is 1.08 bits per heavy atom. The number of benzene rings is 2. The van der Waals surface area contributed by atoms with E-state index < -0.39 is 41.2 Å². The number of imide groups is 1. The Bertz CT molecular complexity index is 1290. The minimum atomic E-state index is -3.74. The van der Waals surface area contributed by atoms with Crippen LogP contribution in [0.25, 0.3) is 0 Å². The minimum absolute atomic E-state index is 0.0756. The summed E-state index contributed by atoms with van der Waals surface area (Å²) in [5, 5.41) is 45.3. The molecule has 2 aromatic rings. The van der Waals surface area contributed by atoms with E-state index in [0.29, 0.717) is 36.6 Å². The molecule has 2 fully saturated rings. The fourth-order valence-corrected chi connectivity index (χ4v) is 4.97. The van der Waals surface area contributed by atoms with Crippen molar-refractivity contribution < 1.29 is 43.9 Å². The Balaban J connectivity index is 1.35. The van der Waals surface area contributed by atoms with Crippen molar-refractivity contribution in [1.29, 1.82) is 0 Å². The van der Waals surface area contributed by atoms with Crippen LogP contribution in [0.3, 0.4) is 0 Å². The number of rotatable bonds is 6. The predicted molar refractivity (Wildman–Crippen MR) is 127 cm³/mol. The third-order valence-corrected chi connectivity index (χ3v) is 7.09. The zero-order valence-corrected chi connectivity index (χ0v) is 20.2. The highest BCUT2D eigenvalue weighted by Gasteiger charge is 2.67. The van der Waals surface area contributed by atoms with Gasteiger partial charge in [-0.25, -0.2) is 4.39 Å². The summed E-state index contributed by atoms with van der Waals surface area (Å²) in [5.74, 6) is -11.6. The molecule has 0 aromatic heterocycles. The number of amides is 3. The SMILES string of the molecule is O=C1NC(=O)C(O)(O)C(O)(O)C1N1Cc2c(NCc3cc(CN4CCOCC4)ccc3F)cccc2C1=O. The van der Waals surface area contributed by atoms with Crippen molar-refractivity contribution in [1.82, 2.24) is 15.1 Å². The molecule has 0 aliphatic carbocycles. The number of fused-ring (bicyclic) bond motifs is 1. The zero-order chi connectivity index (χ0) is 27.2. The van der Waals surface area contributed by atoms with Crippen LogP contribution in [0.1, 0.15) is 27.0 Å². The van der Waals surface area contributed by atoms with Crippen LogP contribution in [0, 0.1) is 5.82 Å². The highest BCUT2D eigenvalue weighted by atomic mass is 19.1. The molecule has 13 heteroatoms. The van der Waals surface area contributed by atoms with E-state index in [4.69, 9.17) is 4.74 Å². The lowest BCUT2D eigenvalue weighted by atomic mass is 9.90. The topological polar surface area (TPSA) is 172 Å². The Labute approximate surface area is 216 Å². The van der Waals surface area contributed by atoms with Crippen LogP contribution in [0.2, 0.25) is 0 Å². The van der Waals surface area contributed by atoms with Crippen molar-refractivity contribution in [2.24, 2.45) is 0 Å². The summed E-state index contributed by atoms with van der Waals surface area (Å²) in [4.78, 5) is 40.3. The molecule has 3 aliphatic heterocycles. The summed E-state index contributed by atoms with van der Waals surface area (Å²) in [5.41, 5.74) is 2.27. The molecule has 1 unspecified atom stereocenters. The van der Waals surface area contributed by atoms with Gasteiger partial charge in [-0.3, -0.25) is 24.6 Å². The van der Waals surface area contributed by atoms with Gasteiger partial charge in [-0.2, -0.15) is 0 Å². The number of piperidine rings is 1. The Kier molecular flexibility index (Phi) is 6.67. The van der Waals surface area contributed by atoms with Crippen molar-refractivity contribution >= 4 is 23.4 Å². The molecule has 2 saturated heterocycles. The molecule has 12 nitrogen and oxygen atoms in total. The van der Waals surface area contributed by atoms with Gasteiger partial charge in [-0.15, -0.1) is 0 Å². The Hall–Kier alpha value is -3.46. The number of hydrogen-bond donors (Lipinski definition) is 6. The van der Waals surface area contributed by atoms with E-state index >= 15 is 0 Å². The van der Waals surface area contributed by atoms with Gasteiger partial charge < -0.3 is 35.4 Å². The number of nitrogens with zero attached hydrogens (tertiary/aromatic N) is 2. The first-order valence-corrected chi connectivity index (χ1v) is 12.0. The Morgan fingerprint density at radius 2 is 1.82 bits per heavy atom. The van der Waals surface area contributed by atoms with E-state index in [0.717, 1.165) is 23.6 Å². The molecule has 6 N–H and O–H groups in total. The monoisotopic (exact) mass is 530 g/mol. The molecule has 0 saturated carbocycles. The summed E-state index contributed by atoms with van der Waals surface area (Å²) >= 11 is 0. The van der Waals surface area contributed by atoms with Gasteiger partial charge in [0.2, 0.25) is 0 Å². The van der Waals surface area contributed by atoms with E-state index in [-0.39, 0.29) is 18.7 Å². The fourth-order valence-electron chi connectivity index (χ4n) is 4.97. The smallest absolute Gasteiger partial charge is 0.303 e. The van der Waals surface area contributed by atoms with Gasteiger partial charge in [0.25, 0.3) is 23.5 Å². The van der Waals surface area contributed by atoms with Crippen LogP contribution in [-0.4, -0.2) is 91.9 Å². The van der Waals surface area contributed by atoms with Crippen LogP contribution < -0.4 is 10.6 Å². The number of anilines is 1. The third kappa shape index (κ3) is 4.42. The molecule has 3 amide bonds. The van der Waals surface area contributed by atoms with Crippen molar-refractivity contribution in [3.63, 3.8) is 0 Å². The van der Waals surface area contributed by atoms with Gasteiger partial charge in [0.15, 0.2) is 6.04 Å². The standard InChI is InChI=1S/C25H27FN4O8/c26-18-5-4-14(12-29-6-8-38-9-7-29)10-15(18)11-27-19-3-1-2-16-17(19)13-30(22(16)32)20-21(31)28-23(33)25(36,37)24(20,34)35/h1-5,10,20,27,34-37H,6-9,11-13H2,(H,28,31,33). The lowest BCUT2D eigenvalue weighted by molar-refractivity contribution is -0.355. The first-order valence-electron chi connectivity index (χ1n) is 12.0. The second kappa shape index (κ2) is 9.69. The largest absolute Gasteiger partial charge is 0.381 e. The quantitative estimate of drug-likeness (QED) is 0.193. The normalized spacial score (nSPS) is 22.8. The van der Waals surface area contributed by atoms with Gasteiger partial charge >= 0.3 is 5.79 Å². The van der Waals surface area contributed by atoms with Crippen molar-refractivity contribution in [2.45, 2.75) is 37.3 Å². The molecule has 1 atom stereocenters. The second-order valence-electron chi connectivity index (χ2n) is 9.55. The van der Waals surface area contributed by atoms with Gasteiger partial charge in [-0.1, -0.05) is 12.1 Å². The molecule has 2 aromatic carbocycles. The number of hydrogen-bond acceptors (Lipinski definition) is 10. The van der Waals surface area contributed by atoms with E-state index in [1.807, 2.05) is 0 Å². The zero-order valence-electron chi connectivity index (χ0n) is 20.2. The molecule has 3 heterocycles. The minimum Gasteiger partial charge on any atom is -0.381 e. The van der Waals surface area contributed by atoms with Gasteiger partial charge in [0.1, 0.15) is 5.82 Å². The van der Waals surface area contributed by atoms with E-state index in [1.165, 1.54) is 12.1 Å². The number of carbonyl (C=O) groups is 3. The molecular weight excluding hydrogens is 503 g/mol. The first kappa shape index (κ1) is 26.2. The first-order chi connectivity index (χ1) is 18.0. The van der Waals surface area contributed by atoms with Crippen LogP contribution in [0.5, 0.6) is 0 Å². The molecular formula is C25H27FN4O8. The van der Waals surface area contributed by atoms with Gasteiger partial charge in [-0.05, 0) is 29.8 Å². The van der Waals surface area contributed by atoms with Crippen LogP contribution >= 0.6 is 0 Å². The van der Waals surface area contributed by atoms with E-state index in [2.05, 4.69) is 10.2 Å². The summed E-state index contributed by atoms with van der Waals surface area (Å²) in [6.45, 7) is 3.27. The fraction of sp³-hybridized carbons (Fsp3) is 0.400. The van der Waals surface area contributed by atoms with Crippen molar-refractivity contribution in [3.8, 4) is 0 Å². The van der Waals surface area contributed by atoms with Gasteiger partial charge in [0, 0.05) is 55.1 Å². The second-order valence-corrected chi connectivity index (χ2v) is 9.55. The predicted octanol–water partition coefficient (Wildman–Crippen LogP) is -1.39. The maximum absolute atomic E-state index is 14.6. The summed E-state index contributed by atoms with van der Waals surface area (Å²) in [7, 11) is 0.